The second-order valence-corrected chi connectivity index (χ2v) is 9.77. The first kappa shape index (κ1) is 22.7. The van der Waals surface area contributed by atoms with E-state index >= 15 is 0 Å². The van der Waals surface area contributed by atoms with Crippen LogP contribution in [-0.4, -0.2) is 45.7 Å². The number of aromatic nitrogens is 4. The maximum absolute atomic E-state index is 14.1. The average Bonchev–Trinajstić information content (AvgIpc) is 3.44. The van der Waals surface area contributed by atoms with Crippen LogP contribution in [-0.2, 0) is 10.2 Å². The lowest BCUT2D eigenvalue weighted by molar-refractivity contribution is -0.0303. The molecular formula is C22H28FN5O3S. The van der Waals surface area contributed by atoms with Gasteiger partial charge in [-0.1, -0.05) is 31.1 Å². The van der Waals surface area contributed by atoms with Crippen LogP contribution in [0.2, 0.25) is 0 Å². The second kappa shape index (κ2) is 9.19. The van der Waals surface area contributed by atoms with Crippen molar-refractivity contribution in [3.05, 3.63) is 35.7 Å². The summed E-state index contributed by atoms with van der Waals surface area (Å²) in [6, 6.07) is 5.48. The number of hydrogen-bond donors (Lipinski definition) is 0. The number of benzene rings is 1. The van der Waals surface area contributed by atoms with Crippen molar-refractivity contribution >= 4 is 17.8 Å². The third kappa shape index (κ3) is 4.96. The predicted molar refractivity (Wildman–Crippen MR) is 119 cm³/mol. The molecule has 0 spiro atoms. The van der Waals surface area contributed by atoms with Gasteiger partial charge in [0.05, 0.1) is 6.10 Å². The quantitative estimate of drug-likeness (QED) is 0.469. The maximum Gasteiger partial charge on any atom is 0.324 e. The summed E-state index contributed by atoms with van der Waals surface area (Å²) in [7, 11) is 0. The van der Waals surface area contributed by atoms with Crippen molar-refractivity contribution in [2.75, 3.05) is 24.2 Å². The lowest BCUT2D eigenvalue weighted by atomic mass is 9.96. The summed E-state index contributed by atoms with van der Waals surface area (Å²) in [6.45, 7) is 9.58. The van der Waals surface area contributed by atoms with E-state index in [2.05, 4.69) is 46.0 Å². The lowest BCUT2D eigenvalue weighted by Gasteiger charge is -2.31. The highest BCUT2D eigenvalue weighted by Gasteiger charge is 2.28. The molecular weight excluding hydrogens is 433 g/mol. The normalized spacial score (nSPS) is 16.5. The van der Waals surface area contributed by atoms with Crippen LogP contribution in [0.4, 0.5) is 10.4 Å². The molecule has 1 fully saturated rings. The second-order valence-electron chi connectivity index (χ2n) is 8.92. The van der Waals surface area contributed by atoms with Crippen molar-refractivity contribution in [1.82, 2.24) is 20.3 Å². The predicted octanol–water partition coefficient (Wildman–Crippen LogP) is 5.02. The van der Waals surface area contributed by atoms with Gasteiger partial charge in [0.2, 0.25) is 5.82 Å². The Balaban J connectivity index is 1.33. The fourth-order valence-electron chi connectivity index (χ4n) is 3.50. The average molecular weight is 462 g/mol. The minimum absolute atomic E-state index is 0.0555. The topological polar surface area (TPSA) is 90.3 Å². The Labute approximate surface area is 190 Å². The molecule has 1 saturated heterocycles. The minimum Gasteiger partial charge on any atom is -0.365 e. The SMILES string of the molecule is CSc1ccc(-c2noc([C@@H](C)OC3CCN(c4nc(C(C)(C)C)no4)CC3)n2)cc1F. The zero-order valence-corrected chi connectivity index (χ0v) is 19.8. The van der Waals surface area contributed by atoms with Gasteiger partial charge in [-0.05, 0) is 44.2 Å². The van der Waals surface area contributed by atoms with E-state index in [1.54, 1.807) is 12.1 Å². The number of piperidine rings is 1. The van der Waals surface area contributed by atoms with Gasteiger partial charge in [0.15, 0.2) is 5.82 Å². The molecule has 3 heterocycles. The molecule has 10 heteroatoms. The summed E-state index contributed by atoms with van der Waals surface area (Å²) < 4.78 is 31.1. The summed E-state index contributed by atoms with van der Waals surface area (Å²) in [4.78, 5) is 11.6. The minimum atomic E-state index is -0.362. The molecule has 1 aliphatic heterocycles. The molecule has 0 bridgehead atoms. The van der Waals surface area contributed by atoms with Gasteiger partial charge < -0.3 is 18.7 Å². The molecule has 0 unspecified atom stereocenters. The van der Waals surface area contributed by atoms with Gasteiger partial charge in [-0.25, -0.2) is 4.39 Å². The molecule has 172 valence electrons. The van der Waals surface area contributed by atoms with Gasteiger partial charge in [-0.2, -0.15) is 9.97 Å². The highest BCUT2D eigenvalue weighted by atomic mass is 32.2. The fraction of sp³-hybridized carbons (Fsp3) is 0.545. The number of thioether (sulfide) groups is 1. The molecule has 8 nitrogen and oxygen atoms in total. The summed E-state index contributed by atoms with van der Waals surface area (Å²) >= 11 is 1.35. The van der Waals surface area contributed by atoms with Crippen molar-refractivity contribution in [3.8, 4) is 11.4 Å². The van der Waals surface area contributed by atoms with Crippen LogP contribution in [0.1, 0.15) is 58.4 Å². The van der Waals surface area contributed by atoms with Gasteiger partial charge in [0, 0.05) is 29.0 Å². The van der Waals surface area contributed by atoms with E-state index in [1.165, 1.54) is 17.8 Å². The van der Waals surface area contributed by atoms with Gasteiger partial charge in [-0.3, -0.25) is 0 Å². The fourth-order valence-corrected chi connectivity index (χ4v) is 3.96. The standard InChI is InChI=1S/C22H28FN5O3S/c1-13(19-24-18(26-30-19)14-6-7-17(32-5)16(23)12-14)29-15-8-10-28(11-9-15)21-25-20(27-31-21)22(2,3)4/h6-7,12-13,15H,8-11H2,1-5H3/t13-/m1/s1. The maximum atomic E-state index is 14.1. The first-order valence-electron chi connectivity index (χ1n) is 10.7. The largest absolute Gasteiger partial charge is 0.365 e. The molecule has 0 N–H and O–H groups in total. The van der Waals surface area contributed by atoms with E-state index in [4.69, 9.17) is 13.8 Å². The lowest BCUT2D eigenvalue weighted by Crippen LogP contribution is -2.37. The highest BCUT2D eigenvalue weighted by molar-refractivity contribution is 7.98. The molecule has 1 aromatic carbocycles. The Morgan fingerprint density at radius 3 is 2.53 bits per heavy atom. The highest BCUT2D eigenvalue weighted by Crippen LogP contribution is 2.29. The number of rotatable bonds is 6. The Kier molecular flexibility index (Phi) is 6.52. The van der Waals surface area contributed by atoms with Crippen molar-refractivity contribution in [1.29, 1.82) is 0 Å². The van der Waals surface area contributed by atoms with E-state index in [1.807, 2.05) is 13.2 Å². The first-order valence-corrected chi connectivity index (χ1v) is 11.9. The van der Waals surface area contributed by atoms with E-state index < -0.39 is 0 Å². The van der Waals surface area contributed by atoms with E-state index in [0.29, 0.717) is 34.0 Å². The number of halogens is 1. The number of nitrogens with zero attached hydrogens (tertiary/aromatic N) is 5. The monoisotopic (exact) mass is 461 g/mol. The van der Waals surface area contributed by atoms with Crippen LogP contribution in [0.15, 0.2) is 32.1 Å². The molecule has 0 aliphatic carbocycles. The Hall–Kier alpha value is -2.46. The van der Waals surface area contributed by atoms with Crippen LogP contribution in [0.3, 0.4) is 0 Å². The molecule has 4 rings (SSSR count). The zero-order chi connectivity index (χ0) is 22.9. The van der Waals surface area contributed by atoms with Crippen LogP contribution < -0.4 is 4.90 Å². The van der Waals surface area contributed by atoms with Crippen LogP contribution in [0.25, 0.3) is 11.4 Å². The van der Waals surface area contributed by atoms with Crippen molar-refractivity contribution in [2.45, 2.75) is 63.1 Å². The Morgan fingerprint density at radius 1 is 1.16 bits per heavy atom. The zero-order valence-electron chi connectivity index (χ0n) is 19.0. The molecule has 0 saturated carbocycles. The summed E-state index contributed by atoms with van der Waals surface area (Å²) in [6.07, 6.45) is 3.16. The summed E-state index contributed by atoms with van der Waals surface area (Å²) in [5, 5.41) is 8.10. The number of hydrogen-bond acceptors (Lipinski definition) is 9. The first-order chi connectivity index (χ1) is 15.2. The van der Waals surface area contributed by atoms with Gasteiger partial charge >= 0.3 is 6.01 Å². The smallest absolute Gasteiger partial charge is 0.324 e. The summed E-state index contributed by atoms with van der Waals surface area (Å²) in [5.74, 6) is 1.13. The molecule has 32 heavy (non-hydrogen) atoms. The molecule has 0 radical (unpaired) electrons. The van der Waals surface area contributed by atoms with Gasteiger partial charge in [-0.15, -0.1) is 11.8 Å². The Morgan fingerprint density at radius 2 is 1.91 bits per heavy atom. The van der Waals surface area contributed by atoms with E-state index in [9.17, 15) is 4.39 Å². The molecule has 1 atom stereocenters. The summed E-state index contributed by atoms with van der Waals surface area (Å²) in [5.41, 5.74) is 0.426. The van der Waals surface area contributed by atoms with Gasteiger partial charge in [0.1, 0.15) is 11.9 Å². The van der Waals surface area contributed by atoms with Gasteiger partial charge in [0.25, 0.3) is 5.89 Å². The number of anilines is 1. The van der Waals surface area contributed by atoms with Crippen LogP contribution in [0.5, 0.6) is 0 Å². The molecule has 3 aromatic rings. The Bertz CT molecular complexity index is 1060. The third-order valence-electron chi connectivity index (χ3n) is 5.39. The molecule has 2 aromatic heterocycles. The van der Waals surface area contributed by atoms with E-state index in [0.717, 1.165) is 25.9 Å². The molecule has 0 amide bonds. The van der Waals surface area contributed by atoms with Crippen LogP contribution >= 0.6 is 11.8 Å². The molecule has 1 aliphatic rings. The van der Waals surface area contributed by atoms with E-state index in [-0.39, 0.29) is 23.4 Å². The third-order valence-corrected chi connectivity index (χ3v) is 6.17. The van der Waals surface area contributed by atoms with Crippen LogP contribution in [0, 0.1) is 5.82 Å². The van der Waals surface area contributed by atoms with Crippen molar-refractivity contribution in [2.24, 2.45) is 0 Å². The van der Waals surface area contributed by atoms with Crippen molar-refractivity contribution in [3.63, 3.8) is 0 Å². The van der Waals surface area contributed by atoms with Crippen molar-refractivity contribution < 1.29 is 18.2 Å². The number of ether oxygens (including phenoxy) is 1.